The van der Waals surface area contributed by atoms with Gasteiger partial charge in [-0.2, -0.15) is 8.42 Å². The van der Waals surface area contributed by atoms with E-state index in [2.05, 4.69) is 54.1 Å². The summed E-state index contributed by atoms with van der Waals surface area (Å²) in [7, 11) is -6.01. The Hall–Kier alpha value is -3.53. The third-order valence-electron chi connectivity index (χ3n) is 7.92. The van der Waals surface area contributed by atoms with E-state index in [-0.39, 0.29) is 34.3 Å². The Balaban J connectivity index is 0.000000339. The summed E-state index contributed by atoms with van der Waals surface area (Å²) < 4.78 is 44.3. The van der Waals surface area contributed by atoms with Crippen molar-refractivity contribution in [2.45, 2.75) is 75.6 Å². The van der Waals surface area contributed by atoms with Crippen molar-refractivity contribution in [1.82, 2.24) is 19.5 Å². The summed E-state index contributed by atoms with van der Waals surface area (Å²) in [5.74, 6) is 0.100. The number of nitrogens with one attached hydrogen (secondary N) is 1. The lowest BCUT2D eigenvalue weighted by molar-refractivity contribution is -0.00945. The Morgan fingerprint density at radius 3 is 2.36 bits per heavy atom. The van der Waals surface area contributed by atoms with Crippen molar-refractivity contribution in [1.29, 1.82) is 0 Å². The summed E-state index contributed by atoms with van der Waals surface area (Å²) in [6.45, 7) is 13.3. The highest BCUT2D eigenvalue weighted by atomic mass is 32.2. The second-order valence-electron chi connectivity index (χ2n) is 12.2. The number of anilines is 1. The smallest absolute Gasteiger partial charge is 0.294 e. The van der Waals surface area contributed by atoms with Gasteiger partial charge in [-0.15, -0.1) is 0 Å². The van der Waals surface area contributed by atoms with Crippen LogP contribution in [-0.4, -0.2) is 65.5 Å². The van der Waals surface area contributed by atoms with Gasteiger partial charge in [0.15, 0.2) is 25.3 Å². The van der Waals surface area contributed by atoms with Crippen LogP contribution in [0.2, 0.25) is 18.1 Å². The fraction of sp³-hybridized carbons (Fsp3) is 0.400. The van der Waals surface area contributed by atoms with Crippen molar-refractivity contribution < 1.29 is 26.9 Å². The van der Waals surface area contributed by atoms with Crippen LogP contribution in [0.5, 0.6) is 0 Å². The van der Waals surface area contributed by atoms with Crippen molar-refractivity contribution >= 4 is 41.3 Å². The summed E-state index contributed by atoms with van der Waals surface area (Å²) in [5, 5.41) is 2.92. The molecule has 236 valence electrons. The minimum atomic E-state index is -4.02. The summed E-state index contributed by atoms with van der Waals surface area (Å²) >= 11 is 0. The molecule has 0 radical (unpaired) electrons. The second-order valence-corrected chi connectivity index (χ2v) is 18.3. The Bertz CT molecular complexity index is 1690. The lowest BCUT2D eigenvalue weighted by atomic mass is 10.2. The highest BCUT2D eigenvalue weighted by molar-refractivity contribution is 7.85. The van der Waals surface area contributed by atoms with Crippen LogP contribution >= 0.6 is 0 Å². The number of aromatic nitrogens is 4. The molecular weight excluding hydrogens is 601 g/mol. The molecule has 3 atom stereocenters. The van der Waals surface area contributed by atoms with E-state index in [1.807, 2.05) is 29.7 Å². The number of hydrogen-bond donors (Lipinski definition) is 3. The van der Waals surface area contributed by atoms with Gasteiger partial charge in [0.1, 0.15) is 12.6 Å². The molecule has 44 heavy (non-hydrogen) atoms. The van der Waals surface area contributed by atoms with Crippen molar-refractivity contribution in [2.24, 2.45) is 5.73 Å². The van der Waals surface area contributed by atoms with E-state index in [4.69, 9.17) is 19.4 Å². The first-order chi connectivity index (χ1) is 20.6. The molecule has 0 saturated carbocycles. The summed E-state index contributed by atoms with van der Waals surface area (Å²) in [6, 6.07) is 15.0. The van der Waals surface area contributed by atoms with Crippen molar-refractivity contribution in [2.75, 3.05) is 11.9 Å². The van der Waals surface area contributed by atoms with Crippen LogP contribution in [0.15, 0.2) is 72.1 Å². The van der Waals surface area contributed by atoms with Crippen LogP contribution in [0.4, 0.5) is 5.82 Å². The molecule has 1 amide bonds. The Morgan fingerprint density at radius 1 is 1.11 bits per heavy atom. The molecular formula is C30H40N6O6SSi. The lowest BCUT2D eigenvalue weighted by Gasteiger charge is -2.39. The van der Waals surface area contributed by atoms with Gasteiger partial charge in [0.2, 0.25) is 0 Å². The maximum Gasteiger partial charge on any atom is 0.294 e. The average molecular weight is 641 g/mol. The van der Waals surface area contributed by atoms with E-state index < -0.39 is 18.4 Å². The minimum absolute atomic E-state index is 0.0666. The van der Waals surface area contributed by atoms with E-state index in [1.54, 1.807) is 30.6 Å². The van der Waals surface area contributed by atoms with Gasteiger partial charge in [-0.25, -0.2) is 15.0 Å². The summed E-state index contributed by atoms with van der Waals surface area (Å²) in [6.07, 6.45) is 3.11. The molecule has 2 aromatic carbocycles. The van der Waals surface area contributed by atoms with E-state index in [1.165, 1.54) is 18.5 Å². The number of nitrogens with zero attached hydrogens (tertiary/aromatic N) is 4. The topological polar surface area (TPSA) is 172 Å². The molecule has 3 heterocycles. The fourth-order valence-corrected chi connectivity index (χ4v) is 6.23. The third-order valence-corrected chi connectivity index (χ3v) is 13.3. The van der Waals surface area contributed by atoms with Crippen LogP contribution < -0.4 is 11.1 Å². The number of rotatable bonds is 7. The first-order valence-corrected chi connectivity index (χ1v) is 18.6. The predicted octanol–water partition coefficient (Wildman–Crippen LogP) is 4.96. The number of hydrogen-bond acceptors (Lipinski definition) is 9. The molecule has 5 rings (SSSR count). The number of nitrogens with two attached hydrogens (primary N) is 1. The van der Waals surface area contributed by atoms with Gasteiger partial charge in [0.25, 0.3) is 16.0 Å². The molecule has 12 nitrogen and oxygen atoms in total. The first-order valence-electron chi connectivity index (χ1n) is 14.2. The quantitative estimate of drug-likeness (QED) is 0.185. The molecule has 0 bridgehead atoms. The Morgan fingerprint density at radius 2 is 1.77 bits per heavy atom. The van der Waals surface area contributed by atoms with Gasteiger partial charge in [0, 0.05) is 18.5 Å². The van der Waals surface area contributed by atoms with Crippen LogP contribution in [0.25, 0.3) is 11.2 Å². The molecule has 1 saturated heterocycles. The van der Waals surface area contributed by atoms with Gasteiger partial charge in [0.05, 0.1) is 23.4 Å². The van der Waals surface area contributed by atoms with Crippen molar-refractivity contribution in [3.8, 4) is 0 Å². The number of imidazole rings is 1. The molecule has 0 aliphatic carbocycles. The number of carbonyl (C=O) groups is 1. The Labute approximate surface area is 258 Å². The maximum absolute atomic E-state index is 12.6. The fourth-order valence-electron chi connectivity index (χ4n) is 4.39. The number of aryl methyl sites for hydroxylation is 1. The summed E-state index contributed by atoms with van der Waals surface area (Å²) in [5.41, 5.74) is 8.61. The van der Waals surface area contributed by atoms with Crippen molar-refractivity contribution in [3.63, 3.8) is 0 Å². The average Bonchev–Trinajstić information content (AvgIpc) is 3.57. The van der Waals surface area contributed by atoms with Crippen LogP contribution in [0.3, 0.4) is 0 Å². The zero-order valence-electron chi connectivity index (χ0n) is 25.8. The number of carbonyl (C=O) groups excluding carboxylic acids is 1. The standard InChI is InChI=1S/C23H32N6O3Si.C7H8O3S/c1-23(2,3)33(4,5)32-16-11-18(31-17(16)12-24)29-14-27-19-20(25-13-26-21(19)29)28-22(30)15-9-7-6-8-10-15;1-6-2-4-7(5-3-6)11(8,9)10/h6-10,13-14,16-18H,11-12,24H2,1-5H3,(H,25,26,28,30);2-5H,1H3,(H,8,9,10)/t16-,17+,18+;/m0./s1. The molecule has 0 unspecified atom stereocenters. The molecule has 1 aliphatic rings. The lowest BCUT2D eigenvalue weighted by Crippen LogP contribution is -2.47. The number of fused-ring (bicyclic) bond motifs is 1. The van der Waals surface area contributed by atoms with Crippen LogP contribution in [-0.2, 0) is 19.3 Å². The van der Waals surface area contributed by atoms with E-state index in [0.29, 0.717) is 35.5 Å². The zero-order chi connectivity index (χ0) is 32.3. The monoisotopic (exact) mass is 640 g/mol. The van der Waals surface area contributed by atoms with Crippen LogP contribution in [0.1, 0.15) is 49.3 Å². The Kier molecular flexibility index (Phi) is 10.0. The minimum Gasteiger partial charge on any atom is -0.411 e. The number of amides is 1. The largest absolute Gasteiger partial charge is 0.411 e. The third kappa shape index (κ3) is 7.75. The van der Waals surface area contributed by atoms with Gasteiger partial charge < -0.3 is 20.2 Å². The molecule has 1 aliphatic heterocycles. The number of benzene rings is 2. The molecule has 14 heteroatoms. The summed E-state index contributed by atoms with van der Waals surface area (Å²) in [4.78, 5) is 25.7. The van der Waals surface area contributed by atoms with Crippen LogP contribution in [0, 0.1) is 6.92 Å². The maximum atomic E-state index is 12.6. The van der Waals surface area contributed by atoms with Crippen molar-refractivity contribution in [3.05, 3.63) is 78.4 Å². The molecule has 4 N–H and O–H groups in total. The molecule has 0 spiro atoms. The van der Waals surface area contributed by atoms with Gasteiger partial charge in [-0.05, 0) is 49.3 Å². The highest BCUT2D eigenvalue weighted by Crippen LogP contribution is 2.41. The molecule has 2 aromatic heterocycles. The SMILES string of the molecule is CC(C)(C)[Si](C)(C)O[C@H]1C[C@H](n2cnc3c(NC(=O)c4ccccc4)ncnc32)O[C@@H]1CN.Cc1ccc(S(=O)(=O)O)cc1. The van der Waals surface area contributed by atoms with E-state index in [9.17, 15) is 13.2 Å². The van der Waals surface area contributed by atoms with E-state index >= 15 is 0 Å². The normalized spacial score (nSPS) is 19.0. The first kappa shape index (κ1) is 33.4. The van der Waals surface area contributed by atoms with E-state index in [0.717, 1.165) is 5.56 Å². The van der Waals surface area contributed by atoms with Gasteiger partial charge in [-0.3, -0.25) is 13.9 Å². The second kappa shape index (κ2) is 13.2. The molecule has 1 fully saturated rings. The van der Waals surface area contributed by atoms with Gasteiger partial charge in [-0.1, -0.05) is 56.7 Å². The van der Waals surface area contributed by atoms with Gasteiger partial charge >= 0.3 is 0 Å². The predicted molar refractivity (Wildman–Crippen MR) is 170 cm³/mol. The molecule has 4 aromatic rings. The zero-order valence-corrected chi connectivity index (χ0v) is 27.6. The number of ether oxygens (including phenoxy) is 1. The highest BCUT2D eigenvalue weighted by Gasteiger charge is 2.45.